The van der Waals surface area contributed by atoms with Gasteiger partial charge in [0.05, 0.1) is 77.7 Å². The Bertz CT molecular complexity index is 5080. The van der Waals surface area contributed by atoms with E-state index in [1.807, 2.05) is 100 Å². The fourth-order valence-corrected chi connectivity index (χ4v) is 13.9. The molecule has 17 nitrogen and oxygen atoms in total. The van der Waals surface area contributed by atoms with Crippen molar-refractivity contribution in [2.75, 3.05) is 9.44 Å². The third-order valence-electron chi connectivity index (χ3n) is 15.6. The molecule has 93 heavy (non-hydrogen) atoms. The number of sulfone groups is 1. The molecule has 6 aromatic carbocycles. The second-order valence-electron chi connectivity index (χ2n) is 25.8. The number of anilines is 2. The van der Waals surface area contributed by atoms with E-state index < -0.39 is 41.5 Å². The lowest BCUT2D eigenvalue weighted by Crippen LogP contribution is -2.17. The minimum atomic E-state index is -4.03. The predicted octanol–water partition coefficient (Wildman–Crippen LogP) is 15.0. The highest BCUT2D eigenvalue weighted by Crippen LogP contribution is 2.33. The van der Waals surface area contributed by atoms with Gasteiger partial charge in [0.15, 0.2) is 21.5 Å². The molecule has 12 aromatic rings. The van der Waals surface area contributed by atoms with Crippen LogP contribution in [-0.4, -0.2) is 69.5 Å². The largest absolute Gasteiger partial charge is 0.264 e. The Kier molecular flexibility index (Phi) is 18.5. The van der Waals surface area contributed by atoms with Gasteiger partial charge >= 0.3 is 0 Å². The number of aryl methyl sites for hydroxylation is 3. The number of nitrogens with one attached hydrogen (secondary N) is 2. The molecule has 0 aliphatic heterocycles. The Balaban J connectivity index is 0.000000153. The smallest absolute Gasteiger partial charge is 0.263 e. The Hall–Kier alpha value is -9.51. The second kappa shape index (κ2) is 25.9. The first kappa shape index (κ1) is 66.4. The van der Waals surface area contributed by atoms with Crippen LogP contribution in [0.1, 0.15) is 107 Å². The van der Waals surface area contributed by atoms with E-state index in [2.05, 4.69) is 81.2 Å². The van der Waals surface area contributed by atoms with Crippen LogP contribution in [0.2, 0.25) is 0 Å². The van der Waals surface area contributed by atoms with Crippen molar-refractivity contribution in [1.82, 2.24) is 44.3 Å². The number of benzene rings is 6. The number of rotatable bonds is 13. The van der Waals surface area contributed by atoms with Gasteiger partial charge in [0.25, 0.3) is 20.0 Å². The van der Waals surface area contributed by atoms with E-state index in [-0.39, 0.29) is 49.1 Å². The molecular formula is C71H73F2N11O6S3. The predicted molar refractivity (Wildman–Crippen MR) is 363 cm³/mol. The summed E-state index contributed by atoms with van der Waals surface area (Å²) in [6, 6.07) is 48.9. The van der Waals surface area contributed by atoms with Gasteiger partial charge in [-0.15, -0.1) is 0 Å². The lowest BCUT2D eigenvalue weighted by molar-refractivity contribution is 0.583. The summed E-state index contributed by atoms with van der Waals surface area (Å²) >= 11 is 0. The van der Waals surface area contributed by atoms with Gasteiger partial charge in [-0.2, -0.15) is 15.3 Å². The molecule has 6 heterocycles. The van der Waals surface area contributed by atoms with Gasteiger partial charge in [0.1, 0.15) is 11.6 Å². The number of halogens is 2. The molecule has 0 unspecified atom stereocenters. The van der Waals surface area contributed by atoms with Crippen molar-refractivity contribution in [3.05, 3.63) is 245 Å². The maximum atomic E-state index is 14.9. The molecule has 2 N–H and O–H groups in total. The highest BCUT2D eigenvalue weighted by Gasteiger charge is 2.27. The third-order valence-corrected chi connectivity index (χ3v) is 20.0. The first-order chi connectivity index (χ1) is 43.8. The SMILES string of the molecule is Cc1cc(CS(=O)(=O)c2ccc(C(C)(C)C)cc2)n(Cc2cccc3ncccc23)n1.Cc1cc(NS(=O)(=O)c2ccc(C(C)(C)C)cc2)n(-c2ccnc3ccc(F)cc23)n1.Cc1nn(-c2cccc3ncccc23)c(NS(=O)(=O)c2ccc(C(C)(C)C)cc2)c1F. The molecule has 0 spiro atoms. The molecule has 22 heteroatoms. The second-order valence-corrected chi connectivity index (χ2v) is 31.2. The number of nitrogens with zero attached hydrogens (tertiary/aromatic N) is 9. The molecule has 0 atom stereocenters. The van der Waals surface area contributed by atoms with Crippen molar-refractivity contribution in [3.8, 4) is 11.4 Å². The average molecular weight is 1310 g/mol. The summed E-state index contributed by atoms with van der Waals surface area (Å²) in [6.45, 7) is 24.3. The van der Waals surface area contributed by atoms with Crippen LogP contribution in [0.4, 0.5) is 20.4 Å². The summed E-state index contributed by atoms with van der Waals surface area (Å²) in [5.41, 5.74) is 9.41. The number of pyridine rings is 3. The average Bonchev–Trinajstić information content (AvgIpc) is 1.72. The normalized spacial score (nSPS) is 12.3. The molecule has 480 valence electrons. The number of hydrogen-bond acceptors (Lipinski definition) is 12. The standard InChI is InChI=1S/C25H27N3O2S.2C23H23FN4O2S/c1-18-15-21(17-31(29,30)22-12-10-20(11-13-22)25(2,3)4)28(27-18)16-19-7-5-9-24-23(19)8-6-14-26-24;1-15-13-22(27-31(29,30)18-8-5-16(6-9-18)23(2,3)4)28(26-15)21-11-12-25-20-10-7-17(24)14-19(20)21;1-15-21(24)22(27-31(29,30)17-12-10-16(11-13-17)23(2,3)4)28(26-15)20-9-5-8-19-18(20)7-6-14-25-19/h5-15H,16-17H2,1-4H3;2*5-14,27H,1-4H3. The zero-order valence-electron chi connectivity index (χ0n) is 53.8. The van der Waals surface area contributed by atoms with Crippen molar-refractivity contribution in [2.45, 2.75) is 126 Å². The fourth-order valence-electron chi connectivity index (χ4n) is 10.5. The summed E-state index contributed by atoms with van der Waals surface area (Å²) < 4.78 is 117. The maximum Gasteiger partial charge on any atom is 0.263 e. The Morgan fingerprint density at radius 2 is 0.946 bits per heavy atom. The zero-order valence-corrected chi connectivity index (χ0v) is 56.2. The van der Waals surface area contributed by atoms with Crippen molar-refractivity contribution < 1.29 is 34.0 Å². The van der Waals surface area contributed by atoms with Crippen molar-refractivity contribution in [3.63, 3.8) is 0 Å². The first-order valence-electron chi connectivity index (χ1n) is 29.9. The van der Waals surface area contributed by atoms with Gasteiger partial charge in [-0.3, -0.25) is 29.1 Å². The van der Waals surface area contributed by atoms with Gasteiger partial charge in [-0.05, 0) is 162 Å². The molecule has 0 bridgehead atoms. The van der Waals surface area contributed by atoms with Crippen LogP contribution in [-0.2, 0) is 58.4 Å². The molecule has 12 rings (SSSR count). The number of sulfonamides is 2. The summed E-state index contributed by atoms with van der Waals surface area (Å²) in [6.07, 6.45) is 5.01. The van der Waals surface area contributed by atoms with E-state index in [1.165, 1.54) is 40.6 Å². The summed E-state index contributed by atoms with van der Waals surface area (Å²) in [5.74, 6) is -1.21. The highest BCUT2D eigenvalue weighted by molar-refractivity contribution is 7.93. The van der Waals surface area contributed by atoms with E-state index in [0.29, 0.717) is 50.6 Å². The zero-order chi connectivity index (χ0) is 67.0. The van der Waals surface area contributed by atoms with E-state index in [9.17, 15) is 34.0 Å². The van der Waals surface area contributed by atoms with Crippen LogP contribution in [0.25, 0.3) is 44.1 Å². The number of aromatic nitrogens is 9. The number of fused-ring (bicyclic) bond motifs is 3. The lowest BCUT2D eigenvalue weighted by Gasteiger charge is -2.19. The van der Waals surface area contributed by atoms with E-state index >= 15 is 0 Å². The van der Waals surface area contributed by atoms with E-state index in [4.69, 9.17) is 0 Å². The van der Waals surface area contributed by atoms with Crippen LogP contribution >= 0.6 is 0 Å². The monoisotopic (exact) mass is 1310 g/mol. The lowest BCUT2D eigenvalue weighted by atomic mass is 9.87. The summed E-state index contributed by atoms with van der Waals surface area (Å²) in [7, 11) is -11.4. The molecule has 0 fully saturated rings. The maximum absolute atomic E-state index is 14.9. The minimum Gasteiger partial charge on any atom is -0.264 e. The van der Waals surface area contributed by atoms with Gasteiger partial charge in [-0.25, -0.2) is 43.4 Å². The fraction of sp³-hybridized carbons (Fsp3) is 0.239. The summed E-state index contributed by atoms with van der Waals surface area (Å²) in [4.78, 5) is 13.5. The first-order valence-corrected chi connectivity index (χ1v) is 34.5. The van der Waals surface area contributed by atoms with Gasteiger partial charge in [0, 0.05) is 40.8 Å². The van der Waals surface area contributed by atoms with E-state index in [0.717, 1.165) is 44.2 Å². The molecule has 0 saturated carbocycles. The number of hydrogen-bond donors (Lipinski definition) is 2. The Morgan fingerprint density at radius 1 is 0.452 bits per heavy atom. The van der Waals surface area contributed by atoms with Crippen molar-refractivity contribution >= 4 is 74.2 Å². The molecule has 0 saturated heterocycles. The van der Waals surface area contributed by atoms with Gasteiger partial charge in [-0.1, -0.05) is 123 Å². The van der Waals surface area contributed by atoms with Gasteiger partial charge < -0.3 is 0 Å². The Morgan fingerprint density at radius 3 is 1.53 bits per heavy atom. The third kappa shape index (κ3) is 15.0. The van der Waals surface area contributed by atoms with E-state index in [1.54, 1.807) is 103 Å². The molecule has 0 radical (unpaired) electrons. The topological polar surface area (TPSA) is 219 Å². The van der Waals surface area contributed by atoms with Crippen LogP contribution in [0, 0.1) is 32.4 Å². The van der Waals surface area contributed by atoms with Crippen LogP contribution in [0.15, 0.2) is 203 Å². The molecule has 0 aliphatic carbocycles. The van der Waals surface area contributed by atoms with Crippen LogP contribution < -0.4 is 9.44 Å². The summed E-state index contributed by atoms with van der Waals surface area (Å²) in [5, 5.41) is 15.5. The highest BCUT2D eigenvalue weighted by atomic mass is 32.2. The quantitative estimate of drug-likeness (QED) is 0.110. The molecule has 6 aromatic heterocycles. The van der Waals surface area contributed by atoms with Crippen molar-refractivity contribution in [2.24, 2.45) is 0 Å². The minimum absolute atomic E-state index is 0.0225. The van der Waals surface area contributed by atoms with Crippen molar-refractivity contribution in [1.29, 1.82) is 0 Å². The molecule has 0 aliphatic rings. The van der Waals surface area contributed by atoms with Crippen LogP contribution in [0.3, 0.4) is 0 Å². The Labute approximate surface area is 541 Å². The van der Waals surface area contributed by atoms with Gasteiger partial charge in [0.2, 0.25) is 0 Å². The molecule has 0 amide bonds. The molecular weight excluding hydrogens is 1240 g/mol. The van der Waals surface area contributed by atoms with Crippen LogP contribution in [0.5, 0.6) is 0 Å².